The fraction of sp³-hybridized carbons (Fsp3) is 1.00. The molecule has 1 fully saturated rings. The molecule has 0 aromatic heterocycles. The monoisotopic (exact) mass is 230 g/mol. The van der Waals surface area contributed by atoms with E-state index in [2.05, 4.69) is 24.2 Å². The van der Waals surface area contributed by atoms with Crippen molar-refractivity contribution in [2.45, 2.75) is 38.3 Å². The highest BCUT2D eigenvalue weighted by Crippen LogP contribution is 2.12. The molecular weight excluding hydrogens is 204 g/mol. The zero-order valence-electron chi connectivity index (χ0n) is 10.6. The van der Waals surface area contributed by atoms with Gasteiger partial charge in [0.2, 0.25) is 0 Å². The molecule has 96 valence electrons. The van der Waals surface area contributed by atoms with Gasteiger partial charge in [-0.15, -0.1) is 0 Å². The average molecular weight is 230 g/mol. The molecule has 1 saturated heterocycles. The molecule has 0 aromatic rings. The van der Waals surface area contributed by atoms with Gasteiger partial charge in [-0.05, 0) is 32.9 Å². The van der Waals surface area contributed by atoms with Crippen molar-refractivity contribution in [2.75, 3.05) is 40.0 Å². The van der Waals surface area contributed by atoms with Crippen LogP contribution in [0.25, 0.3) is 0 Å². The van der Waals surface area contributed by atoms with Crippen molar-refractivity contribution in [3.05, 3.63) is 0 Å². The van der Waals surface area contributed by atoms with Crippen molar-refractivity contribution in [1.29, 1.82) is 0 Å². The Hall–Kier alpha value is -0.160. The van der Waals surface area contributed by atoms with Crippen molar-refractivity contribution in [3.63, 3.8) is 0 Å². The molecule has 0 radical (unpaired) electrons. The lowest BCUT2D eigenvalue weighted by molar-refractivity contribution is 0.0376. The van der Waals surface area contributed by atoms with Crippen LogP contribution < -0.4 is 5.32 Å². The van der Waals surface area contributed by atoms with Gasteiger partial charge in [-0.3, -0.25) is 0 Å². The van der Waals surface area contributed by atoms with Crippen molar-refractivity contribution in [2.24, 2.45) is 0 Å². The van der Waals surface area contributed by atoms with E-state index in [1.807, 2.05) is 0 Å². The van der Waals surface area contributed by atoms with Crippen LogP contribution in [0.1, 0.15) is 26.2 Å². The average Bonchev–Trinajstić information content (AvgIpc) is 2.35. The Morgan fingerprint density at radius 2 is 2.12 bits per heavy atom. The Morgan fingerprint density at radius 1 is 1.44 bits per heavy atom. The van der Waals surface area contributed by atoms with Crippen molar-refractivity contribution >= 4 is 0 Å². The molecule has 4 heteroatoms. The van der Waals surface area contributed by atoms with Crippen LogP contribution in [0, 0.1) is 0 Å². The van der Waals surface area contributed by atoms with E-state index in [4.69, 9.17) is 4.74 Å². The molecule has 0 spiro atoms. The maximum atomic E-state index is 9.29. The summed E-state index contributed by atoms with van der Waals surface area (Å²) in [5, 5.41) is 12.7. The molecule has 0 aromatic carbocycles. The number of hydrogen-bond acceptors (Lipinski definition) is 4. The van der Waals surface area contributed by atoms with Crippen molar-refractivity contribution in [1.82, 2.24) is 10.2 Å². The highest BCUT2D eigenvalue weighted by molar-refractivity contribution is 4.77. The van der Waals surface area contributed by atoms with Gasteiger partial charge in [-0.2, -0.15) is 0 Å². The maximum Gasteiger partial charge on any atom is 0.0597 e. The molecule has 1 aliphatic rings. The summed E-state index contributed by atoms with van der Waals surface area (Å²) < 4.78 is 5.35. The molecule has 4 nitrogen and oxygen atoms in total. The number of aliphatic hydroxyl groups excluding tert-OH is 1. The first-order valence-electron chi connectivity index (χ1n) is 6.40. The maximum absolute atomic E-state index is 9.29. The number of nitrogens with zero attached hydrogens (tertiary/aromatic N) is 1. The van der Waals surface area contributed by atoms with Gasteiger partial charge in [-0.1, -0.05) is 6.92 Å². The molecule has 1 unspecified atom stereocenters. The van der Waals surface area contributed by atoms with E-state index < -0.39 is 0 Å². The van der Waals surface area contributed by atoms with E-state index in [0.717, 1.165) is 45.6 Å². The summed E-state index contributed by atoms with van der Waals surface area (Å²) in [6, 6.07) is 0.819. The first kappa shape index (κ1) is 13.9. The highest BCUT2D eigenvalue weighted by Gasteiger charge is 2.20. The Morgan fingerprint density at radius 3 is 2.69 bits per heavy atom. The number of hydrogen-bond donors (Lipinski definition) is 2. The van der Waals surface area contributed by atoms with Crippen LogP contribution in [0.15, 0.2) is 0 Å². The van der Waals surface area contributed by atoms with Gasteiger partial charge in [-0.25, -0.2) is 0 Å². The normalized spacial score (nSPS) is 20.2. The summed E-state index contributed by atoms with van der Waals surface area (Å²) in [6.07, 6.45) is 3.34. The molecule has 0 saturated carbocycles. The largest absolute Gasteiger partial charge is 0.395 e. The first-order chi connectivity index (χ1) is 7.77. The predicted octanol–water partition coefficient (Wildman–Crippen LogP) is 0.458. The smallest absolute Gasteiger partial charge is 0.0597 e. The van der Waals surface area contributed by atoms with Crippen molar-refractivity contribution < 1.29 is 9.84 Å². The third-order valence-corrected chi connectivity index (χ3v) is 3.23. The van der Waals surface area contributed by atoms with E-state index in [1.165, 1.54) is 0 Å². The lowest BCUT2D eigenvalue weighted by atomic mass is 10.1. The lowest BCUT2D eigenvalue weighted by Gasteiger charge is -2.33. The number of aliphatic hydroxyl groups is 1. The van der Waals surface area contributed by atoms with E-state index in [0.29, 0.717) is 6.04 Å². The molecule has 0 aliphatic carbocycles. The van der Waals surface area contributed by atoms with Crippen LogP contribution in [0.4, 0.5) is 0 Å². The fourth-order valence-corrected chi connectivity index (χ4v) is 2.16. The van der Waals surface area contributed by atoms with Gasteiger partial charge in [0.1, 0.15) is 0 Å². The van der Waals surface area contributed by atoms with E-state index in [-0.39, 0.29) is 12.6 Å². The minimum atomic E-state index is 0.202. The van der Waals surface area contributed by atoms with E-state index >= 15 is 0 Å². The number of nitrogens with one attached hydrogen (secondary N) is 1. The summed E-state index contributed by atoms with van der Waals surface area (Å²) in [6.45, 7) is 6.01. The van der Waals surface area contributed by atoms with Gasteiger partial charge in [0, 0.05) is 31.8 Å². The summed E-state index contributed by atoms with van der Waals surface area (Å²) in [5.41, 5.74) is 0. The third-order valence-electron chi connectivity index (χ3n) is 3.23. The Bertz CT molecular complexity index is 172. The lowest BCUT2D eigenvalue weighted by Crippen LogP contribution is -2.47. The second-order valence-corrected chi connectivity index (χ2v) is 4.62. The van der Waals surface area contributed by atoms with Crippen LogP contribution in [-0.2, 0) is 4.74 Å². The molecule has 0 bridgehead atoms. The molecule has 1 atom stereocenters. The summed E-state index contributed by atoms with van der Waals surface area (Å²) in [7, 11) is 2.15. The zero-order valence-corrected chi connectivity index (χ0v) is 10.6. The molecule has 1 aliphatic heterocycles. The van der Waals surface area contributed by atoms with Crippen molar-refractivity contribution in [3.8, 4) is 0 Å². The van der Waals surface area contributed by atoms with Gasteiger partial charge in [0.05, 0.1) is 6.61 Å². The van der Waals surface area contributed by atoms with Crippen LogP contribution in [0.5, 0.6) is 0 Å². The number of likely N-dealkylation sites (N-methyl/N-ethyl adjacent to an activating group) is 1. The van der Waals surface area contributed by atoms with Gasteiger partial charge >= 0.3 is 0 Å². The molecule has 1 heterocycles. The van der Waals surface area contributed by atoms with Crippen LogP contribution in [-0.4, -0.2) is 62.0 Å². The van der Waals surface area contributed by atoms with Gasteiger partial charge in [0.25, 0.3) is 0 Å². The van der Waals surface area contributed by atoms with Gasteiger partial charge < -0.3 is 20.1 Å². The summed E-state index contributed by atoms with van der Waals surface area (Å²) in [5.74, 6) is 0. The van der Waals surface area contributed by atoms with E-state index in [9.17, 15) is 5.11 Å². The van der Waals surface area contributed by atoms with Gasteiger partial charge in [0.15, 0.2) is 0 Å². The minimum absolute atomic E-state index is 0.202. The Balaban J connectivity index is 2.26. The second-order valence-electron chi connectivity index (χ2n) is 4.62. The first-order valence-corrected chi connectivity index (χ1v) is 6.40. The van der Waals surface area contributed by atoms with Crippen LogP contribution >= 0.6 is 0 Å². The fourth-order valence-electron chi connectivity index (χ4n) is 2.16. The third kappa shape index (κ3) is 4.78. The molecular formula is C12H26N2O2. The number of ether oxygens (including phenoxy) is 1. The topological polar surface area (TPSA) is 44.7 Å². The van der Waals surface area contributed by atoms with Crippen LogP contribution in [0.2, 0.25) is 0 Å². The predicted molar refractivity (Wildman–Crippen MR) is 65.6 cm³/mol. The minimum Gasteiger partial charge on any atom is -0.395 e. The highest BCUT2D eigenvalue weighted by atomic mass is 16.5. The second kappa shape index (κ2) is 8.01. The Kier molecular flexibility index (Phi) is 6.96. The quantitative estimate of drug-likeness (QED) is 0.667. The zero-order chi connectivity index (χ0) is 11.8. The molecule has 1 rings (SSSR count). The SMILES string of the molecule is CCCNC(CO)CN(C)C1CCOCC1. The molecule has 0 amide bonds. The standard InChI is InChI=1S/C12H26N2O2/c1-3-6-13-11(10-15)9-14(2)12-4-7-16-8-5-12/h11-13,15H,3-10H2,1-2H3. The van der Waals surface area contributed by atoms with E-state index in [1.54, 1.807) is 0 Å². The summed E-state index contributed by atoms with van der Waals surface area (Å²) >= 11 is 0. The molecule has 2 N–H and O–H groups in total. The van der Waals surface area contributed by atoms with Crippen LogP contribution in [0.3, 0.4) is 0 Å². The Labute approximate surface area is 99.0 Å². The summed E-state index contributed by atoms with van der Waals surface area (Å²) in [4.78, 5) is 2.35. The number of rotatable bonds is 7. The molecule has 16 heavy (non-hydrogen) atoms.